The maximum Gasteiger partial charge on any atom is 0.323 e. The van der Waals surface area contributed by atoms with Gasteiger partial charge in [0.25, 0.3) is 0 Å². The predicted octanol–water partition coefficient (Wildman–Crippen LogP) is 8.38. The third-order valence-corrected chi connectivity index (χ3v) is 7.72. The Morgan fingerprint density at radius 1 is 0.833 bits per heavy atom. The molecule has 36 heavy (non-hydrogen) atoms. The minimum Gasteiger partial charge on any atom is -0.426 e. The van der Waals surface area contributed by atoms with Crippen molar-refractivity contribution in [3.8, 4) is 11.5 Å². The summed E-state index contributed by atoms with van der Waals surface area (Å²) in [6, 6.07) is 12.1. The summed E-state index contributed by atoms with van der Waals surface area (Å²) < 4.78 is 11.3. The van der Waals surface area contributed by atoms with Crippen molar-refractivity contribution in [1.29, 1.82) is 0 Å². The van der Waals surface area contributed by atoms with E-state index in [9.17, 15) is 9.59 Å². The molecule has 0 aliphatic carbocycles. The summed E-state index contributed by atoms with van der Waals surface area (Å²) in [5.74, 6) is -0.312. The lowest BCUT2D eigenvalue weighted by molar-refractivity contribution is -0.134. The summed E-state index contributed by atoms with van der Waals surface area (Å²) in [5.41, 5.74) is 3.83. The zero-order valence-corrected chi connectivity index (χ0v) is 23.3. The first kappa shape index (κ1) is 28.0. The third-order valence-electron chi connectivity index (χ3n) is 7.72. The number of carbonyl (C=O) groups is 2. The van der Waals surface area contributed by atoms with E-state index in [1.807, 2.05) is 18.2 Å². The van der Waals surface area contributed by atoms with Crippen LogP contribution in [0.25, 0.3) is 0 Å². The van der Waals surface area contributed by atoms with Gasteiger partial charge in [-0.3, -0.25) is 9.59 Å². The number of hydrogen-bond acceptors (Lipinski definition) is 4. The number of hydrogen-bond donors (Lipinski definition) is 0. The zero-order valence-electron chi connectivity index (χ0n) is 23.3. The second-order valence-electron chi connectivity index (χ2n) is 11.6. The van der Waals surface area contributed by atoms with E-state index >= 15 is 0 Å². The van der Waals surface area contributed by atoms with Gasteiger partial charge in [0, 0.05) is 18.1 Å². The first-order valence-corrected chi connectivity index (χ1v) is 13.7. The molecule has 0 saturated heterocycles. The standard InChI is InChI=1S/C32H44O4/c1-8-10-12-18-31(4,5)23-14-16-27(35-22(3)33)25(20-23)29-26-21-24(15-17-28(26)36-30(29)34)32(6,7)19-13-11-9-2/h14-17,20-21,29H,8-13,18-19H2,1-7H3. The Bertz CT molecular complexity index is 1080. The Kier molecular flexibility index (Phi) is 9.03. The van der Waals surface area contributed by atoms with Crippen LogP contribution in [0.15, 0.2) is 36.4 Å². The van der Waals surface area contributed by atoms with E-state index in [1.54, 1.807) is 0 Å². The van der Waals surface area contributed by atoms with Gasteiger partial charge in [0.15, 0.2) is 0 Å². The molecule has 0 amide bonds. The number of unbranched alkanes of at least 4 members (excludes halogenated alkanes) is 4. The molecular weight excluding hydrogens is 448 g/mol. The molecule has 1 unspecified atom stereocenters. The highest BCUT2D eigenvalue weighted by Gasteiger charge is 2.38. The smallest absolute Gasteiger partial charge is 0.323 e. The molecule has 1 heterocycles. The van der Waals surface area contributed by atoms with Gasteiger partial charge in [0.1, 0.15) is 17.4 Å². The van der Waals surface area contributed by atoms with Crippen LogP contribution in [0.4, 0.5) is 0 Å². The van der Waals surface area contributed by atoms with Crippen molar-refractivity contribution in [3.63, 3.8) is 0 Å². The summed E-state index contributed by atoms with van der Waals surface area (Å²) >= 11 is 0. The van der Waals surface area contributed by atoms with Crippen molar-refractivity contribution in [2.24, 2.45) is 0 Å². The summed E-state index contributed by atoms with van der Waals surface area (Å²) in [5, 5.41) is 0. The Morgan fingerprint density at radius 3 is 1.89 bits per heavy atom. The van der Waals surface area contributed by atoms with Crippen molar-refractivity contribution in [1.82, 2.24) is 0 Å². The first-order chi connectivity index (χ1) is 17.0. The summed E-state index contributed by atoms with van der Waals surface area (Å²) in [6.07, 6.45) is 9.23. The lowest BCUT2D eigenvalue weighted by atomic mass is 9.76. The molecular formula is C32H44O4. The van der Waals surface area contributed by atoms with Crippen LogP contribution in [0, 0.1) is 0 Å². The number of fused-ring (bicyclic) bond motifs is 1. The maximum atomic E-state index is 13.3. The fourth-order valence-electron chi connectivity index (χ4n) is 5.24. The molecule has 3 rings (SSSR count). The number of esters is 2. The van der Waals surface area contributed by atoms with Crippen LogP contribution < -0.4 is 9.47 Å². The van der Waals surface area contributed by atoms with Gasteiger partial charge >= 0.3 is 11.9 Å². The predicted molar refractivity (Wildman–Crippen MR) is 146 cm³/mol. The Labute approximate surface area is 217 Å². The molecule has 1 aliphatic rings. The molecule has 0 radical (unpaired) electrons. The van der Waals surface area contributed by atoms with Crippen molar-refractivity contribution in [3.05, 3.63) is 58.7 Å². The van der Waals surface area contributed by atoms with Crippen LogP contribution in [0.1, 0.15) is 128 Å². The topological polar surface area (TPSA) is 52.6 Å². The minimum absolute atomic E-state index is 0.0117. The molecule has 0 fully saturated rings. The highest BCUT2D eigenvalue weighted by Crippen LogP contribution is 2.46. The van der Waals surface area contributed by atoms with Crippen molar-refractivity contribution in [2.45, 2.75) is 117 Å². The number of rotatable bonds is 12. The van der Waals surface area contributed by atoms with E-state index in [-0.39, 0.29) is 16.8 Å². The summed E-state index contributed by atoms with van der Waals surface area (Å²) in [7, 11) is 0. The maximum absolute atomic E-state index is 13.3. The van der Waals surface area contributed by atoms with Crippen LogP contribution in [0.5, 0.6) is 11.5 Å². The summed E-state index contributed by atoms with van der Waals surface area (Å²) in [6.45, 7) is 14.8. The minimum atomic E-state index is -0.618. The average Bonchev–Trinajstić information content (AvgIpc) is 3.14. The molecule has 1 aliphatic heterocycles. The average molecular weight is 493 g/mol. The van der Waals surface area contributed by atoms with Crippen molar-refractivity contribution >= 4 is 11.9 Å². The summed E-state index contributed by atoms with van der Waals surface area (Å²) in [4.78, 5) is 25.2. The normalized spacial score (nSPS) is 15.5. The fourth-order valence-corrected chi connectivity index (χ4v) is 5.24. The van der Waals surface area contributed by atoms with Crippen LogP contribution in [-0.2, 0) is 20.4 Å². The second kappa shape index (κ2) is 11.6. The van der Waals surface area contributed by atoms with E-state index < -0.39 is 11.9 Å². The lowest BCUT2D eigenvalue weighted by Crippen LogP contribution is -2.20. The van der Waals surface area contributed by atoms with Gasteiger partial charge in [0.05, 0.1) is 0 Å². The van der Waals surface area contributed by atoms with E-state index in [0.29, 0.717) is 17.1 Å². The van der Waals surface area contributed by atoms with Gasteiger partial charge in [0.2, 0.25) is 0 Å². The first-order valence-electron chi connectivity index (χ1n) is 13.7. The number of carbonyl (C=O) groups excluding carboxylic acids is 2. The van der Waals surface area contributed by atoms with Crippen molar-refractivity contribution in [2.75, 3.05) is 0 Å². The van der Waals surface area contributed by atoms with E-state index in [4.69, 9.17) is 9.47 Å². The van der Waals surface area contributed by atoms with Gasteiger partial charge in [-0.05, 0) is 46.9 Å². The van der Waals surface area contributed by atoms with Crippen LogP contribution in [-0.4, -0.2) is 11.9 Å². The molecule has 0 N–H and O–H groups in total. The van der Waals surface area contributed by atoms with Crippen LogP contribution in [0.3, 0.4) is 0 Å². The van der Waals surface area contributed by atoms with Crippen LogP contribution >= 0.6 is 0 Å². The molecule has 0 saturated carbocycles. The highest BCUT2D eigenvalue weighted by molar-refractivity contribution is 5.90. The Balaban J connectivity index is 2.06. The van der Waals surface area contributed by atoms with Gasteiger partial charge in [-0.25, -0.2) is 0 Å². The molecule has 0 aromatic heterocycles. The zero-order chi connectivity index (χ0) is 26.5. The molecule has 0 bridgehead atoms. The Morgan fingerprint density at radius 2 is 1.36 bits per heavy atom. The molecule has 196 valence electrons. The molecule has 1 atom stereocenters. The third kappa shape index (κ3) is 6.38. The van der Waals surface area contributed by atoms with Gasteiger partial charge in [-0.1, -0.05) is 104 Å². The fraction of sp³-hybridized carbons (Fsp3) is 0.562. The number of benzene rings is 2. The molecule has 0 spiro atoms. The Hall–Kier alpha value is -2.62. The second-order valence-corrected chi connectivity index (χ2v) is 11.6. The van der Waals surface area contributed by atoms with Crippen LogP contribution in [0.2, 0.25) is 0 Å². The van der Waals surface area contributed by atoms with Gasteiger partial charge in [-0.2, -0.15) is 0 Å². The van der Waals surface area contributed by atoms with E-state index in [0.717, 1.165) is 30.4 Å². The van der Waals surface area contributed by atoms with E-state index in [2.05, 4.69) is 59.7 Å². The van der Waals surface area contributed by atoms with E-state index in [1.165, 1.54) is 44.6 Å². The molecule has 4 nitrogen and oxygen atoms in total. The molecule has 2 aromatic rings. The lowest BCUT2D eigenvalue weighted by Gasteiger charge is -2.28. The van der Waals surface area contributed by atoms with Gasteiger partial charge in [-0.15, -0.1) is 0 Å². The molecule has 4 heteroatoms. The quantitative estimate of drug-likeness (QED) is 0.170. The SMILES string of the molecule is CCCCCC(C)(C)c1ccc(OC(C)=O)c(C2C(=O)Oc3ccc(C(C)(C)CCCCC)cc32)c1. The number of ether oxygens (including phenoxy) is 2. The highest BCUT2D eigenvalue weighted by atomic mass is 16.5. The monoisotopic (exact) mass is 492 g/mol. The largest absolute Gasteiger partial charge is 0.426 e. The molecule has 2 aromatic carbocycles. The van der Waals surface area contributed by atoms with Crippen molar-refractivity contribution < 1.29 is 19.1 Å². The van der Waals surface area contributed by atoms with Gasteiger partial charge < -0.3 is 9.47 Å².